The molecule has 4 N–H and O–H groups in total. The summed E-state index contributed by atoms with van der Waals surface area (Å²) in [6.45, 7) is 0.409. The van der Waals surface area contributed by atoms with Crippen LogP contribution in [0.2, 0.25) is 0 Å². The predicted molar refractivity (Wildman–Crippen MR) is 97.7 cm³/mol. The first-order chi connectivity index (χ1) is 13.7. The van der Waals surface area contributed by atoms with Gasteiger partial charge in [-0.2, -0.15) is 8.42 Å². The van der Waals surface area contributed by atoms with Crippen LogP contribution in [0.15, 0.2) is 24.3 Å². The zero-order valence-electron chi connectivity index (χ0n) is 15.1. The molecule has 2 aliphatic heterocycles. The van der Waals surface area contributed by atoms with Gasteiger partial charge < -0.3 is 16.0 Å². The molecular formula is C16H19N5O7S. The summed E-state index contributed by atoms with van der Waals surface area (Å²) in [6, 6.07) is 4.77. The minimum Gasteiger partial charge on any atom is -0.342 e. The van der Waals surface area contributed by atoms with Crippen molar-refractivity contribution in [3.05, 3.63) is 35.4 Å². The second kappa shape index (κ2) is 8.05. The van der Waals surface area contributed by atoms with Gasteiger partial charge in [0.1, 0.15) is 6.04 Å². The first-order valence-corrected chi connectivity index (χ1v) is 10.0. The summed E-state index contributed by atoms with van der Waals surface area (Å²) < 4.78 is 30.9. The number of β-lactam (4-membered cyclic amide) rings is 1. The number of carbonyl (C=O) groups excluding carboxylic acids is 4. The van der Waals surface area contributed by atoms with Crippen LogP contribution in [0.5, 0.6) is 0 Å². The highest BCUT2D eigenvalue weighted by molar-refractivity contribution is 7.84. The first-order valence-electron chi connectivity index (χ1n) is 8.65. The molecule has 0 aliphatic carbocycles. The Balaban J connectivity index is 1.55. The maximum Gasteiger partial charge on any atom is 0.362 e. The molecule has 1 atom stereocenters. The van der Waals surface area contributed by atoms with Crippen LogP contribution in [0.25, 0.3) is 0 Å². The van der Waals surface area contributed by atoms with Crippen molar-refractivity contribution in [1.82, 2.24) is 25.2 Å². The number of nitrogens with one attached hydrogen (secondary N) is 3. The number of hydrogen-bond donors (Lipinski definition) is 4. The lowest BCUT2D eigenvalue weighted by atomic mass is 10.0. The Hall–Kier alpha value is -3.19. The van der Waals surface area contributed by atoms with Crippen LogP contribution >= 0.6 is 0 Å². The minimum absolute atomic E-state index is 0.0883. The molecule has 0 radical (unpaired) electrons. The number of imide groups is 1. The van der Waals surface area contributed by atoms with Gasteiger partial charge in [0.25, 0.3) is 5.91 Å². The molecular weight excluding hydrogens is 406 g/mol. The van der Waals surface area contributed by atoms with Crippen LogP contribution in [-0.4, -0.2) is 71.7 Å². The van der Waals surface area contributed by atoms with Crippen molar-refractivity contribution in [3.63, 3.8) is 0 Å². The molecule has 2 heterocycles. The molecule has 2 aliphatic rings. The van der Waals surface area contributed by atoms with Gasteiger partial charge in [0.05, 0.1) is 13.0 Å². The Bertz CT molecular complexity index is 964. The van der Waals surface area contributed by atoms with Crippen LogP contribution in [0, 0.1) is 0 Å². The molecule has 1 aromatic carbocycles. The first kappa shape index (κ1) is 20.5. The molecule has 2 saturated heterocycles. The third-order valence-corrected chi connectivity index (χ3v) is 5.39. The molecule has 29 heavy (non-hydrogen) atoms. The lowest BCUT2D eigenvalue weighted by molar-refractivity contribution is -0.140. The second-order valence-corrected chi connectivity index (χ2v) is 7.79. The minimum atomic E-state index is -4.62. The fraction of sp³-hybridized carbons (Fsp3) is 0.375. The van der Waals surface area contributed by atoms with Crippen molar-refractivity contribution in [2.75, 3.05) is 19.6 Å². The van der Waals surface area contributed by atoms with E-state index in [4.69, 9.17) is 4.55 Å². The molecule has 6 amide bonds. The van der Waals surface area contributed by atoms with E-state index in [1.807, 2.05) is 0 Å². The number of hydrogen-bond acceptors (Lipinski definition) is 6. The van der Waals surface area contributed by atoms with Crippen LogP contribution in [0.1, 0.15) is 11.1 Å². The van der Waals surface area contributed by atoms with Gasteiger partial charge in [-0.3, -0.25) is 14.1 Å². The highest BCUT2D eigenvalue weighted by atomic mass is 32.2. The van der Waals surface area contributed by atoms with E-state index in [1.54, 1.807) is 24.3 Å². The number of urea groups is 2. The van der Waals surface area contributed by atoms with E-state index in [1.165, 1.54) is 0 Å². The normalized spacial score (nSPS) is 18.9. The summed E-state index contributed by atoms with van der Waals surface area (Å²) >= 11 is 0. The Morgan fingerprint density at radius 3 is 2.48 bits per heavy atom. The van der Waals surface area contributed by atoms with E-state index < -0.39 is 40.2 Å². The summed E-state index contributed by atoms with van der Waals surface area (Å²) in [5.41, 5.74) is 1.24. The average molecular weight is 425 g/mol. The molecule has 13 heteroatoms. The molecule has 1 unspecified atom stereocenters. The molecule has 0 spiro atoms. The molecule has 3 rings (SSSR count). The summed E-state index contributed by atoms with van der Waals surface area (Å²) in [6.07, 6.45) is -0.105. The smallest absolute Gasteiger partial charge is 0.342 e. The molecule has 0 aromatic heterocycles. The standard InChI is InChI=1S/C16H19N5O7S/c22-13(19-12-9-21(14(12)23)29(26,27)28)7-10-3-1-2-4-11(10)8-18-16(25)20-6-5-17-15(20)24/h1-4,12H,5-9H2,(H,17,24)(H,18,25)(H,19,22)(H,26,27,28). The largest absolute Gasteiger partial charge is 0.362 e. The zero-order valence-corrected chi connectivity index (χ0v) is 15.9. The quantitative estimate of drug-likeness (QED) is 0.321. The van der Waals surface area contributed by atoms with Gasteiger partial charge in [-0.15, -0.1) is 0 Å². The highest BCUT2D eigenvalue weighted by Crippen LogP contribution is 2.15. The topological polar surface area (TPSA) is 165 Å². The van der Waals surface area contributed by atoms with Gasteiger partial charge in [-0.05, 0) is 11.1 Å². The fourth-order valence-electron chi connectivity index (χ4n) is 2.96. The van der Waals surface area contributed by atoms with Crippen molar-refractivity contribution >= 4 is 34.2 Å². The van der Waals surface area contributed by atoms with Gasteiger partial charge in [0.15, 0.2) is 0 Å². The monoisotopic (exact) mass is 425 g/mol. The third kappa shape index (κ3) is 4.63. The summed E-state index contributed by atoms with van der Waals surface area (Å²) in [5, 5.41) is 7.54. The highest BCUT2D eigenvalue weighted by Gasteiger charge is 2.44. The lowest BCUT2D eigenvalue weighted by Crippen LogP contribution is -2.65. The number of carbonyl (C=O) groups is 4. The molecule has 1 aromatic rings. The number of benzene rings is 1. The third-order valence-electron chi connectivity index (χ3n) is 4.51. The fourth-order valence-corrected chi connectivity index (χ4v) is 3.66. The van der Waals surface area contributed by atoms with E-state index in [-0.39, 0.29) is 30.4 Å². The van der Waals surface area contributed by atoms with E-state index in [2.05, 4.69) is 16.0 Å². The Morgan fingerprint density at radius 2 is 1.90 bits per heavy atom. The van der Waals surface area contributed by atoms with Crippen LogP contribution in [-0.2, 0) is 32.9 Å². The molecule has 2 fully saturated rings. The van der Waals surface area contributed by atoms with Crippen molar-refractivity contribution in [1.29, 1.82) is 0 Å². The van der Waals surface area contributed by atoms with E-state index in [0.717, 1.165) is 4.90 Å². The van der Waals surface area contributed by atoms with E-state index in [9.17, 15) is 27.6 Å². The molecule has 156 valence electrons. The molecule has 12 nitrogen and oxygen atoms in total. The van der Waals surface area contributed by atoms with Crippen molar-refractivity contribution in [2.24, 2.45) is 0 Å². The van der Waals surface area contributed by atoms with Gasteiger partial charge >= 0.3 is 22.4 Å². The molecule has 0 bridgehead atoms. The van der Waals surface area contributed by atoms with Crippen molar-refractivity contribution in [2.45, 2.75) is 19.0 Å². The Morgan fingerprint density at radius 1 is 1.21 bits per heavy atom. The number of rotatable bonds is 6. The summed E-state index contributed by atoms with van der Waals surface area (Å²) in [4.78, 5) is 48.5. The van der Waals surface area contributed by atoms with E-state index in [0.29, 0.717) is 17.7 Å². The second-order valence-electron chi connectivity index (χ2n) is 6.46. The summed E-state index contributed by atoms with van der Waals surface area (Å²) in [5.74, 6) is -1.43. The van der Waals surface area contributed by atoms with Gasteiger partial charge in [0, 0.05) is 19.6 Å². The zero-order chi connectivity index (χ0) is 21.2. The van der Waals surface area contributed by atoms with Crippen LogP contribution < -0.4 is 16.0 Å². The van der Waals surface area contributed by atoms with Crippen LogP contribution in [0.3, 0.4) is 0 Å². The Kier molecular flexibility index (Phi) is 5.70. The maximum absolute atomic E-state index is 12.2. The van der Waals surface area contributed by atoms with Crippen molar-refractivity contribution in [3.8, 4) is 0 Å². The van der Waals surface area contributed by atoms with Gasteiger partial charge in [-0.25, -0.2) is 18.8 Å². The number of amides is 6. The SMILES string of the molecule is O=C(Cc1ccccc1CNC(=O)N1CCNC1=O)NC1CN(S(=O)(=O)O)C1=O. The number of nitrogens with zero attached hydrogens (tertiary/aromatic N) is 2. The molecule has 0 saturated carbocycles. The maximum atomic E-state index is 12.2. The summed E-state index contributed by atoms with van der Waals surface area (Å²) in [7, 11) is -4.62. The lowest BCUT2D eigenvalue weighted by Gasteiger charge is -2.35. The average Bonchev–Trinajstić information content (AvgIpc) is 3.08. The van der Waals surface area contributed by atoms with Gasteiger partial charge in [-0.1, -0.05) is 24.3 Å². The van der Waals surface area contributed by atoms with E-state index >= 15 is 0 Å². The van der Waals surface area contributed by atoms with Gasteiger partial charge in [0.2, 0.25) is 5.91 Å². The predicted octanol–water partition coefficient (Wildman–Crippen LogP) is -1.41. The Labute approximate surface area is 166 Å². The van der Waals surface area contributed by atoms with Crippen LogP contribution in [0.4, 0.5) is 9.59 Å². The van der Waals surface area contributed by atoms with Crippen molar-refractivity contribution < 1.29 is 32.1 Å².